The van der Waals surface area contributed by atoms with E-state index in [-0.39, 0.29) is 25.2 Å². The van der Waals surface area contributed by atoms with Crippen molar-refractivity contribution in [2.75, 3.05) is 25.6 Å². The van der Waals surface area contributed by atoms with Gasteiger partial charge in [0, 0.05) is 17.8 Å². The minimum atomic E-state index is -0.595. The van der Waals surface area contributed by atoms with Crippen LogP contribution in [0.4, 0.5) is 10.5 Å². The van der Waals surface area contributed by atoms with E-state index in [4.69, 9.17) is 4.74 Å². The molecular weight excluding hydrogens is 320 g/mol. The summed E-state index contributed by atoms with van der Waals surface area (Å²) in [6.07, 6.45) is -0.201. The topological polar surface area (TPSA) is 82.0 Å². The number of carbonyl (C=O) groups excluding carboxylic acids is 1. The van der Waals surface area contributed by atoms with E-state index in [1.807, 2.05) is 42.5 Å². The molecular formula is C19H22N2O4. The molecule has 132 valence electrons. The molecule has 0 saturated carbocycles. The summed E-state index contributed by atoms with van der Waals surface area (Å²) < 4.78 is 5.39. The number of rotatable bonds is 4. The number of nitrogens with one attached hydrogen (secondary N) is 1. The zero-order valence-corrected chi connectivity index (χ0v) is 14.1. The predicted octanol–water partition coefficient (Wildman–Crippen LogP) is 2.32. The number of anilines is 1. The number of methoxy groups -OCH3 is 1. The first-order valence-electron chi connectivity index (χ1n) is 8.22. The fourth-order valence-electron chi connectivity index (χ4n) is 3.16. The van der Waals surface area contributed by atoms with Gasteiger partial charge in [-0.05, 0) is 30.2 Å². The number of hydrogen-bond acceptors (Lipinski definition) is 4. The van der Waals surface area contributed by atoms with Crippen LogP contribution in [-0.2, 0) is 0 Å². The Balaban J connectivity index is 1.79. The zero-order chi connectivity index (χ0) is 17.8. The molecule has 2 aromatic rings. The highest BCUT2D eigenvalue weighted by atomic mass is 16.5. The summed E-state index contributed by atoms with van der Waals surface area (Å²) in [5, 5.41) is 21.9. The van der Waals surface area contributed by atoms with E-state index in [0.717, 1.165) is 16.9 Å². The van der Waals surface area contributed by atoms with Crippen molar-refractivity contribution in [1.29, 1.82) is 0 Å². The molecule has 0 bridgehead atoms. The predicted molar refractivity (Wildman–Crippen MR) is 95.7 cm³/mol. The third-order valence-electron chi connectivity index (χ3n) is 4.40. The zero-order valence-electron chi connectivity index (χ0n) is 14.1. The molecule has 25 heavy (non-hydrogen) atoms. The van der Waals surface area contributed by atoms with Crippen LogP contribution in [0.15, 0.2) is 48.5 Å². The van der Waals surface area contributed by atoms with E-state index in [1.165, 1.54) is 4.90 Å². The van der Waals surface area contributed by atoms with Crippen LogP contribution in [0, 0.1) is 0 Å². The third-order valence-corrected chi connectivity index (χ3v) is 4.40. The first-order valence-corrected chi connectivity index (χ1v) is 8.22. The lowest BCUT2D eigenvalue weighted by Crippen LogP contribution is -2.40. The Bertz CT molecular complexity index is 750. The molecule has 1 aliphatic heterocycles. The van der Waals surface area contributed by atoms with Crippen LogP contribution in [0.5, 0.6) is 5.75 Å². The van der Waals surface area contributed by atoms with E-state index in [0.29, 0.717) is 12.1 Å². The van der Waals surface area contributed by atoms with Crippen LogP contribution in [0.1, 0.15) is 6.42 Å². The average molecular weight is 342 g/mol. The summed E-state index contributed by atoms with van der Waals surface area (Å²) in [4.78, 5) is 13.9. The van der Waals surface area contributed by atoms with Crippen molar-refractivity contribution >= 4 is 11.7 Å². The number of aliphatic hydroxyl groups excluding tert-OH is 2. The number of hydrogen-bond donors (Lipinski definition) is 3. The van der Waals surface area contributed by atoms with Gasteiger partial charge in [0.25, 0.3) is 0 Å². The Labute approximate surface area is 146 Å². The van der Waals surface area contributed by atoms with Crippen LogP contribution in [-0.4, -0.2) is 53.6 Å². The van der Waals surface area contributed by atoms with Crippen molar-refractivity contribution in [3.8, 4) is 16.9 Å². The quantitative estimate of drug-likeness (QED) is 0.796. The number of urea groups is 1. The molecule has 0 unspecified atom stereocenters. The van der Waals surface area contributed by atoms with E-state index in [2.05, 4.69) is 5.32 Å². The molecule has 0 aliphatic carbocycles. The highest BCUT2D eigenvalue weighted by Crippen LogP contribution is 2.31. The van der Waals surface area contributed by atoms with E-state index >= 15 is 0 Å². The number of likely N-dealkylation sites (tertiary alicyclic amines) is 1. The summed E-state index contributed by atoms with van der Waals surface area (Å²) in [5.74, 6) is 0.758. The van der Waals surface area contributed by atoms with Gasteiger partial charge in [-0.25, -0.2) is 4.79 Å². The Morgan fingerprint density at radius 1 is 1.28 bits per heavy atom. The number of para-hydroxylation sites is 1. The number of benzene rings is 2. The molecule has 0 aromatic heterocycles. The minimum Gasteiger partial charge on any atom is -0.496 e. The standard InChI is InChI=1S/C19H22N2O4/c1-25-18-8-3-2-7-17(18)13-5-4-6-14(9-13)20-19(24)21-11-16(23)10-15(21)12-22/h2-9,15-16,22-23H,10-12H2,1H3,(H,20,24)/t15-,16+/m1/s1. The van der Waals surface area contributed by atoms with E-state index in [9.17, 15) is 15.0 Å². The SMILES string of the molecule is COc1ccccc1-c1cccc(NC(=O)N2C[C@@H](O)C[C@@H]2CO)c1. The van der Waals surface area contributed by atoms with Gasteiger partial charge < -0.3 is 25.2 Å². The van der Waals surface area contributed by atoms with Crippen molar-refractivity contribution in [3.63, 3.8) is 0 Å². The van der Waals surface area contributed by atoms with Crippen molar-refractivity contribution in [2.24, 2.45) is 0 Å². The first kappa shape index (κ1) is 17.3. The van der Waals surface area contributed by atoms with Crippen molar-refractivity contribution < 1.29 is 19.7 Å². The van der Waals surface area contributed by atoms with Gasteiger partial charge in [-0.15, -0.1) is 0 Å². The highest BCUT2D eigenvalue weighted by Gasteiger charge is 2.33. The number of aliphatic hydroxyl groups is 2. The Morgan fingerprint density at radius 2 is 2.08 bits per heavy atom. The Kier molecular flexibility index (Phi) is 5.21. The largest absolute Gasteiger partial charge is 0.496 e. The van der Waals surface area contributed by atoms with Crippen LogP contribution in [0.25, 0.3) is 11.1 Å². The molecule has 0 spiro atoms. The number of nitrogens with zero attached hydrogens (tertiary/aromatic N) is 1. The second-order valence-electron chi connectivity index (χ2n) is 6.09. The molecule has 3 rings (SSSR count). The Hall–Kier alpha value is -2.57. The molecule has 1 aliphatic rings. The van der Waals surface area contributed by atoms with Crippen molar-refractivity contribution in [1.82, 2.24) is 4.90 Å². The van der Waals surface area contributed by atoms with Gasteiger partial charge in [-0.3, -0.25) is 0 Å². The Morgan fingerprint density at radius 3 is 2.84 bits per heavy atom. The second kappa shape index (κ2) is 7.55. The van der Waals surface area contributed by atoms with Gasteiger partial charge in [0.1, 0.15) is 5.75 Å². The van der Waals surface area contributed by atoms with Gasteiger partial charge in [-0.1, -0.05) is 30.3 Å². The third kappa shape index (κ3) is 3.75. The molecule has 1 fully saturated rings. The van der Waals surface area contributed by atoms with Crippen LogP contribution in [0.3, 0.4) is 0 Å². The van der Waals surface area contributed by atoms with Gasteiger partial charge in [0.15, 0.2) is 0 Å². The second-order valence-corrected chi connectivity index (χ2v) is 6.09. The number of ether oxygens (including phenoxy) is 1. The molecule has 2 amide bonds. The summed E-state index contributed by atoms with van der Waals surface area (Å²) in [6.45, 7) is 0.0645. The summed E-state index contributed by atoms with van der Waals surface area (Å²) in [7, 11) is 1.62. The fraction of sp³-hybridized carbons (Fsp3) is 0.316. The summed E-state index contributed by atoms with van der Waals surface area (Å²) in [5.41, 5.74) is 2.51. The molecule has 6 nitrogen and oxygen atoms in total. The van der Waals surface area contributed by atoms with Gasteiger partial charge in [0.05, 0.1) is 25.9 Å². The van der Waals surface area contributed by atoms with E-state index < -0.39 is 6.10 Å². The molecule has 1 heterocycles. The molecule has 1 saturated heterocycles. The fourth-order valence-corrected chi connectivity index (χ4v) is 3.16. The molecule has 2 aromatic carbocycles. The molecule has 6 heteroatoms. The van der Waals surface area contributed by atoms with Crippen LogP contribution >= 0.6 is 0 Å². The smallest absolute Gasteiger partial charge is 0.322 e. The monoisotopic (exact) mass is 342 g/mol. The number of amides is 2. The highest BCUT2D eigenvalue weighted by molar-refractivity contribution is 5.91. The maximum absolute atomic E-state index is 12.5. The maximum Gasteiger partial charge on any atom is 0.322 e. The van der Waals surface area contributed by atoms with Crippen LogP contribution < -0.4 is 10.1 Å². The molecule has 2 atom stereocenters. The van der Waals surface area contributed by atoms with Gasteiger partial charge in [0.2, 0.25) is 0 Å². The lowest BCUT2D eigenvalue weighted by Gasteiger charge is -2.23. The number of carbonyl (C=O) groups is 1. The summed E-state index contributed by atoms with van der Waals surface area (Å²) in [6, 6.07) is 14.5. The molecule has 0 radical (unpaired) electrons. The lowest BCUT2D eigenvalue weighted by molar-refractivity contribution is 0.164. The molecule has 3 N–H and O–H groups in total. The number of β-amino-alcohol motifs (C(OH)–C–C–N with tert-alkyl or cyclic N) is 1. The van der Waals surface area contributed by atoms with Gasteiger partial charge >= 0.3 is 6.03 Å². The first-order chi connectivity index (χ1) is 12.1. The van der Waals surface area contributed by atoms with Crippen molar-refractivity contribution in [3.05, 3.63) is 48.5 Å². The minimum absolute atomic E-state index is 0.161. The summed E-state index contributed by atoms with van der Waals surface area (Å²) >= 11 is 0. The average Bonchev–Trinajstić information content (AvgIpc) is 3.03. The van der Waals surface area contributed by atoms with Gasteiger partial charge in [-0.2, -0.15) is 0 Å². The lowest BCUT2D eigenvalue weighted by atomic mass is 10.0. The van der Waals surface area contributed by atoms with Crippen molar-refractivity contribution in [2.45, 2.75) is 18.6 Å². The van der Waals surface area contributed by atoms with E-state index in [1.54, 1.807) is 13.2 Å². The maximum atomic E-state index is 12.5. The normalized spacial score (nSPS) is 19.7. The van der Waals surface area contributed by atoms with Crippen LogP contribution in [0.2, 0.25) is 0 Å².